The van der Waals surface area contributed by atoms with Crippen LogP contribution in [0.3, 0.4) is 0 Å². The molecule has 2 nitrogen and oxygen atoms in total. The van der Waals surface area contributed by atoms with Crippen LogP contribution in [0.4, 0.5) is 17.1 Å². The summed E-state index contributed by atoms with van der Waals surface area (Å²) in [5.41, 5.74) is 9.84. The molecule has 0 spiro atoms. The van der Waals surface area contributed by atoms with Crippen LogP contribution in [0.1, 0.15) is 0 Å². The number of benzene rings is 8. The minimum absolute atomic E-state index is 0.906. The van der Waals surface area contributed by atoms with E-state index in [1.807, 2.05) is 6.07 Å². The van der Waals surface area contributed by atoms with E-state index in [0.717, 1.165) is 60.9 Å². The van der Waals surface area contributed by atoms with Crippen LogP contribution in [-0.4, -0.2) is 0 Å². The largest absolute Gasteiger partial charge is 0.455 e. The Morgan fingerprint density at radius 2 is 1.00 bits per heavy atom. The van der Waals surface area contributed by atoms with Crippen LogP contribution >= 0.6 is 0 Å². The molecule has 2 heteroatoms. The van der Waals surface area contributed by atoms with Gasteiger partial charge in [0, 0.05) is 32.8 Å². The van der Waals surface area contributed by atoms with Crippen molar-refractivity contribution in [1.82, 2.24) is 0 Å². The molecular formula is C44H29NO. The highest BCUT2D eigenvalue weighted by atomic mass is 16.3. The molecule has 0 aliphatic heterocycles. The van der Waals surface area contributed by atoms with Crippen molar-refractivity contribution < 1.29 is 4.42 Å². The second-order valence-electron chi connectivity index (χ2n) is 11.7. The molecule has 0 saturated carbocycles. The van der Waals surface area contributed by atoms with Crippen molar-refractivity contribution in [2.75, 3.05) is 4.90 Å². The maximum absolute atomic E-state index is 6.60. The highest BCUT2D eigenvalue weighted by Crippen LogP contribution is 2.46. The van der Waals surface area contributed by atoms with Crippen LogP contribution in [0.25, 0.3) is 65.7 Å². The minimum atomic E-state index is 0.906. The molecule has 9 rings (SSSR count). The van der Waals surface area contributed by atoms with Gasteiger partial charge in [-0.25, -0.2) is 0 Å². The van der Waals surface area contributed by atoms with E-state index in [1.54, 1.807) is 0 Å². The fourth-order valence-corrected chi connectivity index (χ4v) is 6.92. The highest BCUT2D eigenvalue weighted by molar-refractivity contribution is 6.19. The monoisotopic (exact) mass is 587 g/mol. The Kier molecular flexibility index (Phi) is 6.17. The molecule has 9 aromatic rings. The number of hydrogen-bond acceptors (Lipinski definition) is 2. The quantitative estimate of drug-likeness (QED) is 0.199. The summed E-state index contributed by atoms with van der Waals surface area (Å²) in [7, 11) is 0. The Balaban J connectivity index is 1.31. The van der Waals surface area contributed by atoms with Gasteiger partial charge in [0.25, 0.3) is 0 Å². The van der Waals surface area contributed by atoms with Crippen molar-refractivity contribution >= 4 is 60.5 Å². The molecule has 0 N–H and O–H groups in total. The summed E-state index contributed by atoms with van der Waals surface area (Å²) in [6.07, 6.45) is 0. The number of furan rings is 1. The standard InChI is InChI=1S/C44H29NO/c1-2-12-30(13-3-1)31-24-27-34(28-25-31)45(40-22-11-15-32-14-4-5-17-35(32)40)41-21-8-6-18-36(41)38-20-10-16-33-26-29-39-37-19-7-9-23-42(37)46-44(39)43(33)38/h1-29H. The molecule has 0 aliphatic rings. The minimum Gasteiger partial charge on any atom is -0.455 e. The summed E-state index contributed by atoms with van der Waals surface area (Å²) in [4.78, 5) is 2.41. The summed E-state index contributed by atoms with van der Waals surface area (Å²) in [6, 6.07) is 62.7. The zero-order valence-corrected chi connectivity index (χ0v) is 25.1. The number of anilines is 3. The lowest BCUT2D eigenvalue weighted by molar-refractivity contribution is 0.673. The van der Waals surface area contributed by atoms with Gasteiger partial charge in [0.2, 0.25) is 0 Å². The first-order valence-corrected chi connectivity index (χ1v) is 15.7. The Morgan fingerprint density at radius 3 is 1.89 bits per heavy atom. The second-order valence-corrected chi connectivity index (χ2v) is 11.7. The second kappa shape index (κ2) is 10.8. The lowest BCUT2D eigenvalue weighted by Gasteiger charge is -2.29. The number of para-hydroxylation sites is 2. The summed E-state index contributed by atoms with van der Waals surface area (Å²) in [5, 5.41) is 6.96. The molecule has 216 valence electrons. The summed E-state index contributed by atoms with van der Waals surface area (Å²) in [6.45, 7) is 0. The number of fused-ring (bicyclic) bond motifs is 6. The van der Waals surface area contributed by atoms with Crippen LogP contribution < -0.4 is 4.90 Å². The van der Waals surface area contributed by atoms with Crippen molar-refractivity contribution in [3.63, 3.8) is 0 Å². The van der Waals surface area contributed by atoms with Crippen molar-refractivity contribution in [3.05, 3.63) is 176 Å². The third kappa shape index (κ3) is 4.27. The molecule has 0 fully saturated rings. The summed E-state index contributed by atoms with van der Waals surface area (Å²) >= 11 is 0. The zero-order valence-electron chi connectivity index (χ0n) is 25.1. The topological polar surface area (TPSA) is 16.4 Å². The summed E-state index contributed by atoms with van der Waals surface area (Å²) < 4.78 is 6.60. The van der Waals surface area contributed by atoms with Crippen molar-refractivity contribution in [3.8, 4) is 22.3 Å². The van der Waals surface area contributed by atoms with Crippen molar-refractivity contribution in [2.45, 2.75) is 0 Å². The average molecular weight is 588 g/mol. The van der Waals surface area contributed by atoms with E-state index in [2.05, 4.69) is 175 Å². The van der Waals surface area contributed by atoms with Crippen molar-refractivity contribution in [1.29, 1.82) is 0 Å². The third-order valence-electron chi connectivity index (χ3n) is 9.06. The van der Waals surface area contributed by atoms with Crippen LogP contribution in [0.2, 0.25) is 0 Å². The van der Waals surface area contributed by atoms with Crippen LogP contribution in [0, 0.1) is 0 Å². The zero-order chi connectivity index (χ0) is 30.5. The lowest BCUT2D eigenvalue weighted by Crippen LogP contribution is -2.11. The molecule has 0 radical (unpaired) electrons. The van der Waals surface area contributed by atoms with Gasteiger partial charge in [0.15, 0.2) is 0 Å². The molecule has 0 unspecified atom stereocenters. The van der Waals surface area contributed by atoms with Gasteiger partial charge in [-0.2, -0.15) is 0 Å². The van der Waals surface area contributed by atoms with E-state index in [1.165, 1.54) is 21.9 Å². The van der Waals surface area contributed by atoms with Gasteiger partial charge in [-0.3, -0.25) is 0 Å². The molecule has 0 saturated heterocycles. The van der Waals surface area contributed by atoms with Gasteiger partial charge in [-0.15, -0.1) is 0 Å². The average Bonchev–Trinajstić information content (AvgIpc) is 3.52. The van der Waals surface area contributed by atoms with Crippen LogP contribution in [-0.2, 0) is 0 Å². The van der Waals surface area contributed by atoms with E-state index < -0.39 is 0 Å². The van der Waals surface area contributed by atoms with Gasteiger partial charge in [-0.05, 0) is 63.9 Å². The number of rotatable bonds is 5. The smallest absolute Gasteiger partial charge is 0.143 e. The first kappa shape index (κ1) is 26.3. The third-order valence-corrected chi connectivity index (χ3v) is 9.06. The number of nitrogens with zero attached hydrogens (tertiary/aromatic N) is 1. The fraction of sp³-hybridized carbons (Fsp3) is 0. The Labute approximate surface area is 267 Å². The van der Waals surface area contributed by atoms with Gasteiger partial charge < -0.3 is 9.32 Å². The van der Waals surface area contributed by atoms with Gasteiger partial charge in [-0.1, -0.05) is 140 Å². The Bertz CT molecular complexity index is 2520. The van der Waals surface area contributed by atoms with Gasteiger partial charge >= 0.3 is 0 Å². The van der Waals surface area contributed by atoms with Crippen molar-refractivity contribution in [2.24, 2.45) is 0 Å². The number of hydrogen-bond donors (Lipinski definition) is 0. The summed E-state index contributed by atoms with van der Waals surface area (Å²) in [5.74, 6) is 0. The van der Waals surface area contributed by atoms with E-state index in [4.69, 9.17) is 4.42 Å². The molecule has 1 heterocycles. The predicted molar refractivity (Wildman–Crippen MR) is 194 cm³/mol. The maximum atomic E-state index is 6.60. The van der Waals surface area contributed by atoms with E-state index in [0.29, 0.717) is 0 Å². The Hall–Kier alpha value is -6.12. The predicted octanol–water partition coefficient (Wildman–Crippen LogP) is 12.7. The van der Waals surface area contributed by atoms with Gasteiger partial charge in [0.1, 0.15) is 11.2 Å². The van der Waals surface area contributed by atoms with Crippen LogP contribution in [0.15, 0.2) is 180 Å². The SMILES string of the molecule is c1ccc(-c2ccc(N(c3ccccc3-c3cccc4ccc5c6ccccc6oc5c34)c3cccc4ccccc34)cc2)cc1. The molecule has 8 aromatic carbocycles. The Morgan fingerprint density at radius 1 is 0.370 bits per heavy atom. The molecular weight excluding hydrogens is 558 g/mol. The van der Waals surface area contributed by atoms with E-state index in [-0.39, 0.29) is 0 Å². The van der Waals surface area contributed by atoms with Crippen LogP contribution in [0.5, 0.6) is 0 Å². The molecule has 0 amide bonds. The van der Waals surface area contributed by atoms with E-state index in [9.17, 15) is 0 Å². The maximum Gasteiger partial charge on any atom is 0.143 e. The first-order chi connectivity index (χ1) is 22.8. The molecule has 0 bridgehead atoms. The molecule has 1 aromatic heterocycles. The fourth-order valence-electron chi connectivity index (χ4n) is 6.92. The highest BCUT2D eigenvalue weighted by Gasteiger charge is 2.21. The molecule has 0 aliphatic carbocycles. The van der Waals surface area contributed by atoms with E-state index >= 15 is 0 Å². The van der Waals surface area contributed by atoms with Gasteiger partial charge in [0.05, 0.1) is 11.4 Å². The lowest BCUT2D eigenvalue weighted by atomic mass is 9.94. The normalized spacial score (nSPS) is 11.5. The first-order valence-electron chi connectivity index (χ1n) is 15.7. The molecule has 0 atom stereocenters. The molecule has 46 heavy (non-hydrogen) atoms.